The quantitative estimate of drug-likeness (QED) is 0.692. The van der Waals surface area contributed by atoms with Crippen LogP contribution in [0.15, 0.2) is 59.4 Å². The van der Waals surface area contributed by atoms with Gasteiger partial charge in [0.25, 0.3) is 0 Å². The summed E-state index contributed by atoms with van der Waals surface area (Å²) in [6, 6.07) is 9.52. The molecule has 3 aromatic rings. The number of rotatable bonds is 3. The maximum atomic E-state index is 12.3. The van der Waals surface area contributed by atoms with E-state index in [2.05, 4.69) is 17.1 Å². The summed E-state index contributed by atoms with van der Waals surface area (Å²) in [6.07, 6.45) is 9.78. The van der Waals surface area contributed by atoms with Crippen molar-refractivity contribution in [3.63, 3.8) is 0 Å². The average molecular weight is 353 g/mol. The Morgan fingerprint density at radius 1 is 1.28 bits per heavy atom. The van der Waals surface area contributed by atoms with Crippen molar-refractivity contribution < 1.29 is 9.21 Å². The lowest BCUT2D eigenvalue weighted by molar-refractivity contribution is -0.125. The zero-order valence-electron chi connectivity index (χ0n) is 13.5. The number of furan rings is 1. The Kier molecular flexibility index (Phi) is 4.20. The predicted octanol–water partition coefficient (Wildman–Crippen LogP) is 4.74. The zero-order valence-corrected chi connectivity index (χ0v) is 14.3. The van der Waals surface area contributed by atoms with Gasteiger partial charge < -0.3 is 14.3 Å². The standard InChI is InChI=1S/C20H17ClN2O2/c21-18-5-1-4-16-17(13-22-20(16)18)14-8-10-23(11-9-14)19(24)7-6-15-3-2-12-25-15/h1-8,12-13,22H,9-11H2/b7-6+. The van der Waals surface area contributed by atoms with E-state index in [4.69, 9.17) is 16.0 Å². The van der Waals surface area contributed by atoms with E-state index in [1.807, 2.05) is 29.3 Å². The van der Waals surface area contributed by atoms with Crippen LogP contribution in [-0.4, -0.2) is 28.9 Å². The molecular weight excluding hydrogens is 336 g/mol. The number of H-pyrrole nitrogens is 1. The number of hydrogen-bond acceptors (Lipinski definition) is 2. The second kappa shape index (κ2) is 6.65. The molecule has 5 heteroatoms. The number of carbonyl (C=O) groups excluding carboxylic acids is 1. The van der Waals surface area contributed by atoms with Crippen LogP contribution in [0.3, 0.4) is 0 Å². The van der Waals surface area contributed by atoms with Gasteiger partial charge in [-0.15, -0.1) is 0 Å². The minimum absolute atomic E-state index is 0.00586. The van der Waals surface area contributed by atoms with Crippen molar-refractivity contribution >= 4 is 40.1 Å². The predicted molar refractivity (Wildman–Crippen MR) is 100 cm³/mol. The number of aromatic amines is 1. The molecule has 0 bridgehead atoms. The van der Waals surface area contributed by atoms with Crippen LogP contribution >= 0.6 is 11.6 Å². The molecule has 0 aliphatic carbocycles. The number of nitrogens with zero attached hydrogens (tertiary/aromatic N) is 1. The summed E-state index contributed by atoms with van der Waals surface area (Å²) in [4.78, 5) is 17.4. The summed E-state index contributed by atoms with van der Waals surface area (Å²) in [6.45, 7) is 1.30. The third-order valence-corrected chi connectivity index (χ3v) is 4.78. The first kappa shape index (κ1) is 15.8. The SMILES string of the molecule is O=C(/C=C/c1ccco1)N1CC=C(c2c[nH]c3c(Cl)cccc23)CC1. The summed E-state index contributed by atoms with van der Waals surface area (Å²) in [7, 11) is 0. The van der Waals surface area contributed by atoms with Crippen molar-refractivity contribution in [2.75, 3.05) is 13.1 Å². The van der Waals surface area contributed by atoms with Gasteiger partial charge in [0.1, 0.15) is 5.76 Å². The van der Waals surface area contributed by atoms with Gasteiger partial charge in [-0.25, -0.2) is 0 Å². The van der Waals surface area contributed by atoms with Crippen molar-refractivity contribution in [3.8, 4) is 0 Å². The van der Waals surface area contributed by atoms with Gasteiger partial charge in [-0.1, -0.05) is 29.8 Å². The molecule has 0 unspecified atom stereocenters. The number of carbonyl (C=O) groups is 1. The van der Waals surface area contributed by atoms with Gasteiger partial charge in [0, 0.05) is 36.3 Å². The second-order valence-electron chi connectivity index (χ2n) is 5.98. The number of nitrogens with one attached hydrogen (secondary N) is 1. The largest absolute Gasteiger partial charge is 0.465 e. The Morgan fingerprint density at radius 2 is 2.20 bits per heavy atom. The van der Waals surface area contributed by atoms with Crippen LogP contribution in [0.4, 0.5) is 0 Å². The zero-order chi connectivity index (χ0) is 17.2. The van der Waals surface area contributed by atoms with Gasteiger partial charge in [0.05, 0.1) is 16.8 Å². The number of benzene rings is 1. The van der Waals surface area contributed by atoms with Gasteiger partial charge in [0.2, 0.25) is 5.91 Å². The lowest BCUT2D eigenvalue weighted by atomic mass is 9.99. The number of hydrogen-bond donors (Lipinski definition) is 1. The summed E-state index contributed by atoms with van der Waals surface area (Å²) < 4.78 is 5.20. The maximum Gasteiger partial charge on any atom is 0.246 e. The summed E-state index contributed by atoms with van der Waals surface area (Å²) in [5.41, 5.74) is 3.36. The Morgan fingerprint density at radius 3 is 2.96 bits per heavy atom. The molecular formula is C20H17ClN2O2. The fourth-order valence-electron chi connectivity index (χ4n) is 3.14. The van der Waals surface area contributed by atoms with Crippen molar-refractivity contribution in [1.82, 2.24) is 9.88 Å². The minimum Gasteiger partial charge on any atom is -0.465 e. The van der Waals surface area contributed by atoms with Gasteiger partial charge in [0.15, 0.2) is 0 Å². The Hall–Kier alpha value is -2.72. The first-order chi connectivity index (χ1) is 12.2. The van der Waals surface area contributed by atoms with E-state index in [0.29, 0.717) is 18.8 Å². The Balaban J connectivity index is 1.50. The van der Waals surface area contributed by atoms with E-state index >= 15 is 0 Å². The number of amides is 1. The monoisotopic (exact) mass is 352 g/mol. The molecule has 2 aromatic heterocycles. The number of aromatic nitrogens is 1. The number of halogens is 1. The lowest BCUT2D eigenvalue weighted by Gasteiger charge is -2.25. The smallest absolute Gasteiger partial charge is 0.246 e. The van der Waals surface area contributed by atoms with Gasteiger partial charge in [-0.2, -0.15) is 0 Å². The van der Waals surface area contributed by atoms with Crippen molar-refractivity contribution in [2.24, 2.45) is 0 Å². The Bertz CT molecular complexity index is 967. The topological polar surface area (TPSA) is 49.2 Å². The van der Waals surface area contributed by atoms with E-state index in [0.717, 1.165) is 27.9 Å². The number of para-hydroxylation sites is 1. The highest BCUT2D eigenvalue weighted by Crippen LogP contribution is 2.32. The van der Waals surface area contributed by atoms with Crippen molar-refractivity contribution in [3.05, 3.63) is 71.3 Å². The van der Waals surface area contributed by atoms with Gasteiger partial charge in [-0.3, -0.25) is 4.79 Å². The molecule has 1 aliphatic rings. The molecule has 126 valence electrons. The molecule has 1 amide bonds. The van der Waals surface area contributed by atoms with E-state index in [1.54, 1.807) is 24.5 Å². The molecule has 0 spiro atoms. The second-order valence-corrected chi connectivity index (χ2v) is 6.38. The third kappa shape index (κ3) is 3.13. The summed E-state index contributed by atoms with van der Waals surface area (Å²) >= 11 is 6.23. The van der Waals surface area contributed by atoms with E-state index in [-0.39, 0.29) is 5.91 Å². The highest BCUT2D eigenvalue weighted by molar-refractivity contribution is 6.35. The van der Waals surface area contributed by atoms with E-state index in [1.165, 1.54) is 5.57 Å². The molecule has 1 aromatic carbocycles. The molecule has 3 heterocycles. The van der Waals surface area contributed by atoms with Crippen molar-refractivity contribution in [2.45, 2.75) is 6.42 Å². The van der Waals surface area contributed by atoms with Crippen LogP contribution in [-0.2, 0) is 4.79 Å². The van der Waals surface area contributed by atoms with Crippen LogP contribution < -0.4 is 0 Å². The van der Waals surface area contributed by atoms with E-state index < -0.39 is 0 Å². The normalized spacial score (nSPS) is 15.1. The summed E-state index contributed by atoms with van der Waals surface area (Å²) in [5, 5.41) is 1.84. The van der Waals surface area contributed by atoms with Crippen LogP contribution in [0.5, 0.6) is 0 Å². The van der Waals surface area contributed by atoms with Crippen LogP contribution in [0.2, 0.25) is 5.02 Å². The molecule has 1 aliphatic heterocycles. The first-order valence-corrected chi connectivity index (χ1v) is 8.55. The molecule has 0 saturated carbocycles. The fraction of sp³-hybridized carbons (Fsp3) is 0.150. The van der Waals surface area contributed by atoms with Crippen molar-refractivity contribution in [1.29, 1.82) is 0 Å². The highest BCUT2D eigenvalue weighted by Gasteiger charge is 2.18. The third-order valence-electron chi connectivity index (χ3n) is 4.46. The van der Waals surface area contributed by atoms with Gasteiger partial charge >= 0.3 is 0 Å². The average Bonchev–Trinajstić information content (AvgIpc) is 3.30. The highest BCUT2D eigenvalue weighted by atomic mass is 35.5. The molecule has 1 N–H and O–H groups in total. The number of fused-ring (bicyclic) bond motifs is 1. The molecule has 0 fully saturated rings. The van der Waals surface area contributed by atoms with Gasteiger partial charge in [-0.05, 0) is 36.3 Å². The van der Waals surface area contributed by atoms with Crippen LogP contribution in [0.25, 0.3) is 22.6 Å². The Labute approximate surface area is 150 Å². The summed E-state index contributed by atoms with van der Waals surface area (Å²) in [5.74, 6) is 0.672. The fourth-order valence-corrected chi connectivity index (χ4v) is 3.37. The van der Waals surface area contributed by atoms with E-state index in [9.17, 15) is 4.79 Å². The lowest BCUT2D eigenvalue weighted by Crippen LogP contribution is -2.33. The molecule has 0 atom stereocenters. The van der Waals surface area contributed by atoms with Crippen LogP contribution in [0, 0.1) is 0 Å². The minimum atomic E-state index is -0.00586. The van der Waals surface area contributed by atoms with Crippen LogP contribution in [0.1, 0.15) is 17.7 Å². The molecule has 25 heavy (non-hydrogen) atoms. The molecule has 0 radical (unpaired) electrons. The maximum absolute atomic E-state index is 12.3. The molecule has 4 rings (SSSR count). The molecule has 0 saturated heterocycles. The molecule has 4 nitrogen and oxygen atoms in total. The first-order valence-electron chi connectivity index (χ1n) is 8.18.